The summed E-state index contributed by atoms with van der Waals surface area (Å²) in [6, 6.07) is 15.9. The topological polar surface area (TPSA) is 7.12 Å². The molecule has 3 aromatic rings. The first kappa shape index (κ1) is 16.2. The second kappa shape index (κ2) is 6.19. The molecule has 1 aliphatic rings. The highest BCUT2D eigenvalue weighted by atomic mass is 32.2. The monoisotopic (exact) mass is 351 g/mol. The maximum atomic E-state index is 13.6. The number of hydrogen-bond donors (Lipinski definition) is 0. The molecule has 0 atom stereocenters. The summed E-state index contributed by atoms with van der Waals surface area (Å²) in [5.41, 5.74) is 4.58. The van der Waals surface area contributed by atoms with Gasteiger partial charge in [0.15, 0.2) is 0 Å². The number of pyridine rings is 1. The molecule has 0 saturated carbocycles. The maximum Gasteiger partial charge on any atom is 0.212 e. The molecule has 0 radical (unpaired) electrons. The van der Waals surface area contributed by atoms with E-state index >= 15 is 0 Å². The van der Waals surface area contributed by atoms with Crippen LogP contribution < -0.4 is 9.47 Å². The van der Waals surface area contributed by atoms with E-state index in [1.54, 1.807) is 17.8 Å². The van der Waals surface area contributed by atoms with Gasteiger partial charge in [0.1, 0.15) is 12.4 Å². The molecule has 126 valence electrons. The molecule has 1 aromatic heterocycles. The summed E-state index contributed by atoms with van der Waals surface area (Å²) >= 11 is 1.68. The van der Waals surface area contributed by atoms with Crippen molar-refractivity contribution in [2.75, 3.05) is 11.9 Å². The van der Waals surface area contributed by atoms with Gasteiger partial charge in [-0.1, -0.05) is 23.4 Å². The number of fused-ring (bicyclic) bond motifs is 2. The van der Waals surface area contributed by atoms with Gasteiger partial charge in [-0.05, 0) is 44.2 Å². The van der Waals surface area contributed by atoms with Crippen LogP contribution in [0.25, 0.3) is 17.0 Å². The summed E-state index contributed by atoms with van der Waals surface area (Å²) in [5, 5.41) is 2.36. The second-order valence-electron chi connectivity index (χ2n) is 6.32. The summed E-state index contributed by atoms with van der Waals surface area (Å²) in [5.74, 6) is -0.197. The van der Waals surface area contributed by atoms with Crippen LogP contribution in [-0.2, 0) is 6.54 Å². The van der Waals surface area contributed by atoms with E-state index in [4.69, 9.17) is 0 Å². The Bertz CT molecular complexity index is 1010. The lowest BCUT2D eigenvalue weighted by Gasteiger charge is -2.13. The van der Waals surface area contributed by atoms with Crippen LogP contribution in [0.2, 0.25) is 0 Å². The number of anilines is 1. The Balaban J connectivity index is 1.81. The number of aryl methyl sites for hydroxylation is 2. The van der Waals surface area contributed by atoms with E-state index in [2.05, 4.69) is 59.7 Å². The lowest BCUT2D eigenvalue weighted by Crippen LogP contribution is -2.36. The molecule has 0 N–H and O–H groups in total. The third kappa shape index (κ3) is 2.81. The van der Waals surface area contributed by atoms with Crippen molar-refractivity contribution >= 4 is 34.4 Å². The molecule has 0 amide bonds. The molecule has 0 saturated heterocycles. The Hall–Kier alpha value is -2.33. The number of hydrogen-bond acceptors (Lipinski definition) is 2. The molecule has 0 fully saturated rings. The van der Waals surface area contributed by atoms with Crippen molar-refractivity contribution < 1.29 is 8.96 Å². The van der Waals surface area contributed by atoms with Gasteiger partial charge in [0.05, 0.1) is 10.7 Å². The maximum absolute atomic E-state index is 13.6. The van der Waals surface area contributed by atoms with E-state index in [1.807, 2.05) is 13.1 Å². The van der Waals surface area contributed by atoms with Gasteiger partial charge in [0.25, 0.3) is 0 Å². The average Bonchev–Trinajstić information content (AvgIpc) is 2.90. The van der Waals surface area contributed by atoms with E-state index in [0.717, 1.165) is 27.9 Å². The smallest absolute Gasteiger partial charge is 0.212 e. The first-order chi connectivity index (χ1) is 12.1. The third-order valence-corrected chi connectivity index (χ3v) is 5.80. The zero-order valence-corrected chi connectivity index (χ0v) is 15.4. The van der Waals surface area contributed by atoms with Gasteiger partial charge in [-0.15, -0.1) is 0 Å². The Morgan fingerprint density at radius 2 is 1.96 bits per heavy atom. The van der Waals surface area contributed by atoms with Crippen LogP contribution in [0.5, 0.6) is 0 Å². The minimum atomic E-state index is -0.197. The van der Waals surface area contributed by atoms with Gasteiger partial charge >= 0.3 is 0 Å². The standard InChI is InChI=1S/C21H20FN2S/c1-4-24-17(8-6-15-11-14(2)5-9-18(15)24)13-21-23(3)19-12-16(22)7-10-20(19)25-21/h5-13H,4H2,1-3H3/q+1. The Morgan fingerprint density at radius 1 is 1.12 bits per heavy atom. The molecule has 4 heteroatoms. The van der Waals surface area contributed by atoms with Gasteiger partial charge in [0.2, 0.25) is 11.2 Å². The van der Waals surface area contributed by atoms with Crippen LogP contribution in [0.15, 0.2) is 58.5 Å². The van der Waals surface area contributed by atoms with Crippen molar-refractivity contribution in [2.24, 2.45) is 0 Å². The highest BCUT2D eigenvalue weighted by Gasteiger charge is 2.24. The Labute approximate surface area is 151 Å². The molecule has 1 aliphatic heterocycles. The summed E-state index contributed by atoms with van der Waals surface area (Å²) in [6.45, 7) is 5.18. The molecule has 25 heavy (non-hydrogen) atoms. The Kier molecular flexibility index (Phi) is 4.00. The highest BCUT2D eigenvalue weighted by molar-refractivity contribution is 8.03. The number of aromatic nitrogens is 1. The quantitative estimate of drug-likeness (QED) is 0.591. The van der Waals surface area contributed by atoms with Gasteiger partial charge in [0, 0.05) is 35.5 Å². The zero-order chi connectivity index (χ0) is 17.6. The van der Waals surface area contributed by atoms with Crippen molar-refractivity contribution in [1.82, 2.24) is 0 Å². The van der Waals surface area contributed by atoms with E-state index in [9.17, 15) is 4.39 Å². The molecule has 2 heterocycles. The van der Waals surface area contributed by atoms with Crippen molar-refractivity contribution in [3.8, 4) is 0 Å². The normalized spacial score (nSPS) is 15.2. The van der Waals surface area contributed by atoms with Crippen LogP contribution in [0.1, 0.15) is 18.2 Å². The fraction of sp³-hybridized carbons (Fsp3) is 0.190. The molecular weight excluding hydrogens is 331 g/mol. The van der Waals surface area contributed by atoms with E-state index < -0.39 is 0 Å². The van der Waals surface area contributed by atoms with Gasteiger partial charge < -0.3 is 4.90 Å². The van der Waals surface area contributed by atoms with Crippen LogP contribution in [-0.4, -0.2) is 7.05 Å². The number of benzene rings is 2. The molecule has 0 bridgehead atoms. The number of nitrogens with zero attached hydrogens (tertiary/aromatic N) is 2. The molecular formula is C21H20FN2S+. The van der Waals surface area contributed by atoms with Crippen molar-refractivity contribution in [3.05, 3.63) is 70.6 Å². The number of rotatable bonds is 2. The molecule has 0 spiro atoms. The number of halogens is 1. The van der Waals surface area contributed by atoms with Crippen molar-refractivity contribution in [1.29, 1.82) is 0 Å². The first-order valence-electron chi connectivity index (χ1n) is 8.43. The highest BCUT2D eigenvalue weighted by Crippen LogP contribution is 2.45. The van der Waals surface area contributed by atoms with Crippen molar-refractivity contribution in [3.63, 3.8) is 0 Å². The largest absolute Gasteiger partial charge is 0.338 e. The summed E-state index contributed by atoms with van der Waals surface area (Å²) < 4.78 is 15.9. The molecule has 0 aliphatic carbocycles. The fourth-order valence-electron chi connectivity index (χ4n) is 3.33. The lowest BCUT2D eigenvalue weighted by molar-refractivity contribution is -0.669. The predicted molar refractivity (Wildman–Crippen MR) is 103 cm³/mol. The van der Waals surface area contributed by atoms with Crippen molar-refractivity contribution in [2.45, 2.75) is 25.3 Å². The zero-order valence-electron chi connectivity index (χ0n) is 14.6. The van der Waals surface area contributed by atoms with Crippen LogP contribution in [0.4, 0.5) is 10.1 Å². The molecule has 0 unspecified atom stereocenters. The fourth-order valence-corrected chi connectivity index (χ4v) is 4.40. The second-order valence-corrected chi connectivity index (χ2v) is 7.38. The van der Waals surface area contributed by atoms with E-state index in [1.165, 1.54) is 22.5 Å². The van der Waals surface area contributed by atoms with Crippen LogP contribution in [0, 0.1) is 12.7 Å². The summed E-state index contributed by atoms with van der Waals surface area (Å²) in [6.07, 6.45) is 2.19. The molecule has 2 aromatic carbocycles. The Morgan fingerprint density at radius 3 is 2.76 bits per heavy atom. The van der Waals surface area contributed by atoms with Gasteiger partial charge in [-0.3, -0.25) is 0 Å². The SMILES string of the molecule is CC[n+]1c(/C=C2\Sc3ccc(F)cc3N2C)ccc2cc(C)ccc21. The number of thioether (sulfide) groups is 1. The lowest BCUT2D eigenvalue weighted by atomic mass is 10.1. The van der Waals surface area contributed by atoms with Gasteiger partial charge in [-0.2, -0.15) is 4.57 Å². The van der Waals surface area contributed by atoms with Gasteiger partial charge in [-0.25, -0.2) is 4.39 Å². The summed E-state index contributed by atoms with van der Waals surface area (Å²) in [4.78, 5) is 3.15. The van der Waals surface area contributed by atoms with E-state index in [-0.39, 0.29) is 5.82 Å². The van der Waals surface area contributed by atoms with Crippen LogP contribution in [0.3, 0.4) is 0 Å². The third-order valence-electron chi connectivity index (χ3n) is 4.63. The minimum absolute atomic E-state index is 0.197. The minimum Gasteiger partial charge on any atom is -0.338 e. The predicted octanol–water partition coefficient (Wildman–Crippen LogP) is 5.14. The summed E-state index contributed by atoms with van der Waals surface area (Å²) in [7, 11) is 1.99. The average molecular weight is 351 g/mol. The molecule has 2 nitrogen and oxygen atoms in total. The van der Waals surface area contributed by atoms with E-state index in [0.29, 0.717) is 0 Å². The van der Waals surface area contributed by atoms with Crippen LogP contribution >= 0.6 is 11.8 Å². The first-order valence-corrected chi connectivity index (χ1v) is 9.24. The molecule has 4 rings (SSSR count).